The molecule has 140 valence electrons. The highest BCUT2D eigenvalue weighted by Gasteiger charge is 2.13. The zero-order valence-corrected chi connectivity index (χ0v) is 15.8. The van der Waals surface area contributed by atoms with Crippen LogP contribution in [0.15, 0.2) is 64.7 Å². The summed E-state index contributed by atoms with van der Waals surface area (Å²) in [7, 11) is 0. The first-order valence-electron chi connectivity index (χ1n) is 8.49. The van der Waals surface area contributed by atoms with Crippen molar-refractivity contribution in [3.8, 4) is 17.2 Å². The Morgan fingerprint density at radius 1 is 1.21 bits per heavy atom. The van der Waals surface area contributed by atoms with E-state index >= 15 is 0 Å². The van der Waals surface area contributed by atoms with Gasteiger partial charge in [0.15, 0.2) is 0 Å². The summed E-state index contributed by atoms with van der Waals surface area (Å²) >= 11 is 1.38. The number of thiazole rings is 1. The lowest BCUT2D eigenvalue weighted by atomic mass is 10.2. The largest absolute Gasteiger partial charge is 0.486 e. The van der Waals surface area contributed by atoms with E-state index in [0.29, 0.717) is 23.9 Å². The number of nitrogens with one attached hydrogen (secondary N) is 1. The standard InChI is InChI=1S/C20H16N4O3S/c1-13-5-7-16(8-6-13)26-10-18-23-17(11-28-18)19(25)22-15-4-2-3-14(9-15)20-24-21-12-27-20/h2-9,11-12H,10H2,1H3,(H,22,25). The molecule has 2 aromatic carbocycles. The summed E-state index contributed by atoms with van der Waals surface area (Å²) in [5.74, 6) is 0.866. The van der Waals surface area contributed by atoms with Crippen molar-refractivity contribution in [2.24, 2.45) is 0 Å². The molecule has 0 atom stereocenters. The first-order chi connectivity index (χ1) is 13.7. The van der Waals surface area contributed by atoms with Crippen molar-refractivity contribution < 1.29 is 13.9 Å². The van der Waals surface area contributed by atoms with Crippen LogP contribution >= 0.6 is 11.3 Å². The first kappa shape index (κ1) is 17.9. The fourth-order valence-corrected chi connectivity index (χ4v) is 3.17. The van der Waals surface area contributed by atoms with Gasteiger partial charge in [-0.15, -0.1) is 21.5 Å². The number of amides is 1. The summed E-state index contributed by atoms with van der Waals surface area (Å²) in [4.78, 5) is 16.8. The number of nitrogens with zero attached hydrogens (tertiary/aromatic N) is 3. The monoisotopic (exact) mass is 392 g/mol. The van der Waals surface area contributed by atoms with Gasteiger partial charge >= 0.3 is 0 Å². The van der Waals surface area contributed by atoms with Crippen molar-refractivity contribution in [3.63, 3.8) is 0 Å². The Morgan fingerprint density at radius 3 is 2.86 bits per heavy atom. The molecule has 8 heteroatoms. The van der Waals surface area contributed by atoms with E-state index in [1.165, 1.54) is 23.3 Å². The molecule has 1 N–H and O–H groups in total. The van der Waals surface area contributed by atoms with E-state index in [2.05, 4.69) is 20.5 Å². The Morgan fingerprint density at radius 2 is 2.07 bits per heavy atom. The average Bonchev–Trinajstić information content (AvgIpc) is 3.40. The van der Waals surface area contributed by atoms with Gasteiger partial charge in [-0.05, 0) is 37.3 Å². The Bertz CT molecular complexity index is 1080. The quantitative estimate of drug-likeness (QED) is 0.525. The molecule has 2 aromatic heterocycles. The predicted molar refractivity (Wildman–Crippen MR) is 105 cm³/mol. The van der Waals surface area contributed by atoms with Crippen LogP contribution in [-0.2, 0) is 6.61 Å². The number of ether oxygens (including phenoxy) is 1. The van der Waals surface area contributed by atoms with E-state index in [4.69, 9.17) is 9.15 Å². The molecule has 0 saturated heterocycles. The highest BCUT2D eigenvalue weighted by atomic mass is 32.1. The van der Waals surface area contributed by atoms with E-state index in [9.17, 15) is 4.79 Å². The maximum atomic E-state index is 12.5. The molecule has 0 saturated carbocycles. The molecular formula is C20H16N4O3S. The number of rotatable bonds is 6. The second-order valence-electron chi connectivity index (χ2n) is 6.01. The smallest absolute Gasteiger partial charge is 0.275 e. The molecule has 0 aliphatic carbocycles. The molecule has 0 aliphatic rings. The fraction of sp³-hybridized carbons (Fsp3) is 0.100. The number of carbonyl (C=O) groups excluding carboxylic acids is 1. The Labute approximate surface area is 165 Å². The van der Waals surface area contributed by atoms with Gasteiger partial charge < -0.3 is 14.5 Å². The topological polar surface area (TPSA) is 90.1 Å². The summed E-state index contributed by atoms with van der Waals surface area (Å²) in [6.45, 7) is 2.33. The number of anilines is 1. The third-order valence-corrected chi connectivity index (χ3v) is 4.72. The summed E-state index contributed by atoms with van der Waals surface area (Å²) < 4.78 is 10.9. The number of carbonyl (C=O) groups is 1. The summed E-state index contributed by atoms with van der Waals surface area (Å²) in [5.41, 5.74) is 2.85. The molecule has 0 aliphatic heterocycles. The normalized spacial score (nSPS) is 10.6. The van der Waals surface area contributed by atoms with Crippen LogP contribution in [0.4, 0.5) is 5.69 Å². The maximum Gasteiger partial charge on any atom is 0.275 e. The predicted octanol–water partition coefficient (Wildman–Crippen LogP) is 4.33. The van der Waals surface area contributed by atoms with Gasteiger partial charge in [0.05, 0.1) is 0 Å². The van der Waals surface area contributed by atoms with Gasteiger partial charge in [-0.25, -0.2) is 4.98 Å². The molecule has 0 bridgehead atoms. The molecule has 4 aromatic rings. The highest BCUT2D eigenvalue weighted by molar-refractivity contribution is 7.09. The number of benzene rings is 2. The minimum absolute atomic E-state index is 0.291. The van der Waals surface area contributed by atoms with Crippen LogP contribution in [0.2, 0.25) is 0 Å². The molecule has 28 heavy (non-hydrogen) atoms. The molecule has 7 nitrogen and oxygen atoms in total. The third kappa shape index (κ3) is 4.24. The van der Waals surface area contributed by atoms with Crippen LogP contribution in [0.25, 0.3) is 11.5 Å². The van der Waals surface area contributed by atoms with E-state index in [-0.39, 0.29) is 5.91 Å². The minimum atomic E-state index is -0.291. The number of hydrogen-bond acceptors (Lipinski definition) is 7. The van der Waals surface area contributed by atoms with Crippen LogP contribution in [-0.4, -0.2) is 21.1 Å². The van der Waals surface area contributed by atoms with Gasteiger partial charge in [0.1, 0.15) is 23.1 Å². The molecule has 0 fully saturated rings. The van der Waals surface area contributed by atoms with Crippen LogP contribution in [0.1, 0.15) is 21.1 Å². The second kappa shape index (κ2) is 8.01. The zero-order valence-electron chi connectivity index (χ0n) is 15.0. The fourth-order valence-electron chi connectivity index (χ4n) is 2.48. The van der Waals surface area contributed by atoms with Gasteiger partial charge in [-0.2, -0.15) is 0 Å². The van der Waals surface area contributed by atoms with Gasteiger partial charge in [0, 0.05) is 16.6 Å². The average molecular weight is 392 g/mol. The third-order valence-electron chi connectivity index (χ3n) is 3.90. The lowest BCUT2D eigenvalue weighted by Crippen LogP contribution is -2.12. The highest BCUT2D eigenvalue weighted by Crippen LogP contribution is 2.21. The number of aromatic nitrogens is 3. The summed E-state index contributed by atoms with van der Waals surface area (Å²) in [5, 5.41) is 12.8. The molecule has 0 spiro atoms. The molecule has 4 rings (SSSR count). The molecule has 0 radical (unpaired) electrons. The second-order valence-corrected chi connectivity index (χ2v) is 6.95. The zero-order chi connectivity index (χ0) is 19.3. The van der Waals surface area contributed by atoms with Crippen molar-refractivity contribution in [2.75, 3.05) is 5.32 Å². The van der Waals surface area contributed by atoms with Gasteiger partial charge in [-0.1, -0.05) is 23.8 Å². The van der Waals surface area contributed by atoms with Crippen molar-refractivity contribution >= 4 is 22.9 Å². The van der Waals surface area contributed by atoms with Gasteiger partial charge in [0.2, 0.25) is 12.3 Å². The molecule has 1 amide bonds. The van der Waals surface area contributed by atoms with E-state index in [0.717, 1.165) is 16.3 Å². The van der Waals surface area contributed by atoms with Crippen LogP contribution in [0, 0.1) is 6.92 Å². The van der Waals surface area contributed by atoms with Crippen molar-refractivity contribution in [3.05, 3.63) is 76.6 Å². The number of aryl methyl sites for hydroxylation is 1. The summed E-state index contributed by atoms with van der Waals surface area (Å²) in [6.07, 6.45) is 1.26. The van der Waals surface area contributed by atoms with Gasteiger partial charge in [-0.3, -0.25) is 4.79 Å². The van der Waals surface area contributed by atoms with E-state index in [1.54, 1.807) is 23.6 Å². The minimum Gasteiger partial charge on any atom is -0.486 e. The summed E-state index contributed by atoms with van der Waals surface area (Å²) in [6, 6.07) is 15.0. The van der Waals surface area contributed by atoms with Gasteiger partial charge in [0.25, 0.3) is 5.91 Å². The molecular weight excluding hydrogens is 376 g/mol. The van der Waals surface area contributed by atoms with Crippen LogP contribution in [0.3, 0.4) is 0 Å². The Kier molecular flexibility index (Phi) is 5.11. The SMILES string of the molecule is Cc1ccc(OCc2nc(C(=O)Nc3cccc(-c4nnco4)c3)cs2)cc1. The van der Waals surface area contributed by atoms with Crippen molar-refractivity contribution in [2.45, 2.75) is 13.5 Å². The van der Waals surface area contributed by atoms with Crippen LogP contribution in [0.5, 0.6) is 5.75 Å². The number of hydrogen-bond donors (Lipinski definition) is 1. The lowest BCUT2D eigenvalue weighted by Gasteiger charge is -2.05. The molecule has 2 heterocycles. The van der Waals surface area contributed by atoms with Crippen molar-refractivity contribution in [1.82, 2.24) is 15.2 Å². The Balaban J connectivity index is 1.39. The van der Waals surface area contributed by atoms with Crippen LogP contribution < -0.4 is 10.1 Å². The lowest BCUT2D eigenvalue weighted by molar-refractivity contribution is 0.102. The van der Waals surface area contributed by atoms with Crippen molar-refractivity contribution in [1.29, 1.82) is 0 Å². The first-order valence-corrected chi connectivity index (χ1v) is 9.37. The molecule has 0 unspecified atom stereocenters. The maximum absolute atomic E-state index is 12.5. The van der Waals surface area contributed by atoms with E-state index in [1.807, 2.05) is 37.3 Å². The Hall–Kier alpha value is -3.52. The van der Waals surface area contributed by atoms with E-state index < -0.39 is 0 Å².